The molecule has 0 aliphatic heterocycles. The van der Waals surface area contributed by atoms with Crippen LogP contribution in [0, 0.1) is 5.82 Å². The zero-order valence-corrected chi connectivity index (χ0v) is 17.1. The predicted molar refractivity (Wildman–Crippen MR) is 120 cm³/mol. The van der Waals surface area contributed by atoms with E-state index in [4.69, 9.17) is 4.74 Å². The number of nitrogens with zero attached hydrogens (tertiary/aromatic N) is 2. The van der Waals surface area contributed by atoms with Gasteiger partial charge in [-0.2, -0.15) is 5.10 Å². The van der Waals surface area contributed by atoms with Gasteiger partial charge in [-0.15, -0.1) is 0 Å². The van der Waals surface area contributed by atoms with Crippen LogP contribution in [0.4, 0.5) is 4.39 Å². The number of methoxy groups -OCH3 is 1. The number of carbonyl (C=O) groups excluding carboxylic acids is 1. The Morgan fingerprint density at radius 3 is 2.48 bits per heavy atom. The van der Waals surface area contributed by atoms with Crippen molar-refractivity contribution in [1.29, 1.82) is 0 Å². The maximum Gasteiger partial charge on any atom is 0.244 e. The van der Waals surface area contributed by atoms with Crippen molar-refractivity contribution in [3.8, 4) is 5.75 Å². The molecular weight excluding hydrogens is 393 g/mol. The Bertz CT molecular complexity index is 1210. The van der Waals surface area contributed by atoms with E-state index in [1.54, 1.807) is 25.5 Å². The number of halogens is 1. The third kappa shape index (κ3) is 4.98. The highest BCUT2D eigenvalue weighted by Crippen LogP contribution is 2.21. The molecule has 3 aromatic carbocycles. The topological polar surface area (TPSA) is 55.6 Å². The summed E-state index contributed by atoms with van der Waals surface area (Å²) in [5.74, 6) is 0.301. The second-order valence-corrected chi connectivity index (χ2v) is 7.17. The highest BCUT2D eigenvalue weighted by molar-refractivity contribution is 5.99. The van der Waals surface area contributed by atoms with E-state index in [0.29, 0.717) is 6.54 Å². The molecule has 4 aromatic rings. The van der Waals surface area contributed by atoms with Crippen molar-refractivity contribution in [2.24, 2.45) is 5.10 Å². The Kier molecular flexibility index (Phi) is 6.08. The molecule has 0 fully saturated rings. The number of amides is 1. The van der Waals surface area contributed by atoms with Crippen molar-refractivity contribution in [3.05, 3.63) is 102 Å². The molecule has 4 rings (SSSR count). The van der Waals surface area contributed by atoms with Crippen molar-refractivity contribution in [2.75, 3.05) is 7.11 Å². The van der Waals surface area contributed by atoms with E-state index >= 15 is 0 Å². The third-order valence-electron chi connectivity index (χ3n) is 5.00. The summed E-state index contributed by atoms with van der Waals surface area (Å²) in [7, 11) is 1.60. The Morgan fingerprint density at radius 1 is 1.03 bits per heavy atom. The number of hydrogen-bond acceptors (Lipinski definition) is 3. The molecule has 0 aliphatic rings. The van der Waals surface area contributed by atoms with Crippen LogP contribution >= 0.6 is 0 Å². The Hall–Kier alpha value is -3.93. The number of hydrazone groups is 1. The summed E-state index contributed by atoms with van der Waals surface area (Å²) in [6, 6.07) is 21.8. The molecule has 31 heavy (non-hydrogen) atoms. The first-order chi connectivity index (χ1) is 15.1. The number of hydrogen-bond donors (Lipinski definition) is 1. The van der Waals surface area contributed by atoms with Gasteiger partial charge in [0.1, 0.15) is 11.6 Å². The minimum Gasteiger partial charge on any atom is -0.497 e. The smallest absolute Gasteiger partial charge is 0.244 e. The second kappa shape index (κ2) is 9.26. The lowest BCUT2D eigenvalue weighted by Gasteiger charge is -2.05. The van der Waals surface area contributed by atoms with Crippen molar-refractivity contribution in [2.45, 2.75) is 13.0 Å². The maximum atomic E-state index is 13.2. The molecule has 0 atom stereocenters. The molecular formula is C25H22FN3O2. The van der Waals surface area contributed by atoms with Gasteiger partial charge in [-0.3, -0.25) is 4.79 Å². The van der Waals surface area contributed by atoms with E-state index in [0.717, 1.165) is 33.3 Å². The number of benzene rings is 3. The first kappa shape index (κ1) is 20.3. The standard InChI is InChI=1S/C25H22FN3O2/c1-31-22-12-8-18(9-13-22)14-25(30)28-27-15-20-17-29(24-5-3-2-4-23(20)24)16-19-6-10-21(26)11-7-19/h2-13,15,17H,14,16H2,1H3,(H,28,30)/b27-15-. The van der Waals surface area contributed by atoms with Crippen molar-refractivity contribution in [1.82, 2.24) is 9.99 Å². The summed E-state index contributed by atoms with van der Waals surface area (Å²) in [6.07, 6.45) is 3.86. The average molecular weight is 415 g/mol. The van der Waals surface area contributed by atoms with Crippen LogP contribution in [0.15, 0.2) is 84.1 Å². The minimum absolute atomic E-state index is 0.198. The predicted octanol–water partition coefficient (Wildman–Crippen LogP) is 4.53. The number of ether oxygens (including phenoxy) is 1. The lowest BCUT2D eigenvalue weighted by atomic mass is 10.1. The van der Waals surface area contributed by atoms with E-state index < -0.39 is 0 Å². The van der Waals surface area contributed by atoms with Crippen molar-refractivity contribution >= 4 is 23.0 Å². The second-order valence-electron chi connectivity index (χ2n) is 7.17. The van der Waals surface area contributed by atoms with E-state index in [2.05, 4.69) is 15.1 Å². The molecule has 1 aromatic heterocycles. The molecule has 0 bridgehead atoms. The summed E-state index contributed by atoms with van der Waals surface area (Å²) >= 11 is 0. The fraction of sp³-hybridized carbons (Fsp3) is 0.120. The summed E-state index contributed by atoms with van der Waals surface area (Å²) in [5, 5.41) is 5.17. The van der Waals surface area contributed by atoms with E-state index in [-0.39, 0.29) is 18.1 Å². The van der Waals surface area contributed by atoms with Gasteiger partial charge in [-0.25, -0.2) is 9.82 Å². The lowest BCUT2D eigenvalue weighted by molar-refractivity contribution is -0.120. The molecule has 1 N–H and O–H groups in total. The molecule has 5 nitrogen and oxygen atoms in total. The molecule has 0 unspecified atom stereocenters. The molecule has 1 amide bonds. The molecule has 0 aliphatic carbocycles. The summed E-state index contributed by atoms with van der Waals surface area (Å²) in [5.41, 5.74) is 6.39. The fourth-order valence-corrected chi connectivity index (χ4v) is 3.44. The van der Waals surface area contributed by atoms with Crippen LogP contribution in [-0.2, 0) is 17.8 Å². The number of aromatic nitrogens is 1. The zero-order valence-electron chi connectivity index (χ0n) is 17.1. The monoisotopic (exact) mass is 415 g/mol. The Morgan fingerprint density at radius 2 is 1.74 bits per heavy atom. The summed E-state index contributed by atoms with van der Waals surface area (Å²) in [4.78, 5) is 12.2. The number of carbonyl (C=O) groups is 1. The first-order valence-corrected chi connectivity index (χ1v) is 9.89. The zero-order chi connectivity index (χ0) is 21.6. The number of para-hydroxylation sites is 1. The number of rotatable bonds is 7. The molecule has 0 spiro atoms. The van der Waals surface area contributed by atoms with Gasteiger partial charge in [0.05, 0.1) is 19.7 Å². The molecule has 0 radical (unpaired) electrons. The first-order valence-electron chi connectivity index (χ1n) is 9.89. The lowest BCUT2D eigenvalue weighted by Crippen LogP contribution is -2.19. The SMILES string of the molecule is COc1ccc(CC(=O)N/N=C\c2cn(Cc3ccc(F)cc3)c3ccccc23)cc1. The summed E-state index contributed by atoms with van der Waals surface area (Å²) in [6.45, 7) is 0.610. The minimum atomic E-state index is -0.251. The van der Waals surface area contributed by atoms with Gasteiger partial charge in [0, 0.05) is 29.2 Å². The van der Waals surface area contributed by atoms with Crippen LogP contribution in [0.2, 0.25) is 0 Å². The van der Waals surface area contributed by atoms with Crippen LogP contribution in [0.1, 0.15) is 16.7 Å². The maximum absolute atomic E-state index is 13.2. The van der Waals surface area contributed by atoms with Crippen LogP contribution in [0.3, 0.4) is 0 Å². The number of fused-ring (bicyclic) bond motifs is 1. The largest absolute Gasteiger partial charge is 0.497 e. The quantitative estimate of drug-likeness (QED) is 0.356. The van der Waals surface area contributed by atoms with E-state index in [9.17, 15) is 9.18 Å². The Labute approximate surface area is 179 Å². The van der Waals surface area contributed by atoms with Crippen LogP contribution < -0.4 is 10.2 Å². The normalized spacial score (nSPS) is 11.2. The van der Waals surface area contributed by atoms with Crippen LogP contribution in [0.25, 0.3) is 10.9 Å². The van der Waals surface area contributed by atoms with Crippen molar-refractivity contribution < 1.29 is 13.9 Å². The van der Waals surface area contributed by atoms with Gasteiger partial charge in [0.15, 0.2) is 0 Å². The molecule has 156 valence electrons. The van der Waals surface area contributed by atoms with Gasteiger partial charge in [-0.1, -0.05) is 42.5 Å². The van der Waals surface area contributed by atoms with E-state index in [1.807, 2.05) is 54.7 Å². The Balaban J connectivity index is 1.46. The van der Waals surface area contributed by atoms with Gasteiger partial charge >= 0.3 is 0 Å². The van der Waals surface area contributed by atoms with Gasteiger partial charge in [0.2, 0.25) is 5.91 Å². The molecule has 6 heteroatoms. The van der Waals surface area contributed by atoms with Gasteiger partial charge < -0.3 is 9.30 Å². The summed E-state index contributed by atoms with van der Waals surface area (Å²) < 4.78 is 20.4. The number of nitrogens with one attached hydrogen (secondary N) is 1. The third-order valence-corrected chi connectivity index (χ3v) is 5.00. The van der Waals surface area contributed by atoms with Crippen LogP contribution in [0.5, 0.6) is 5.75 Å². The average Bonchev–Trinajstić information content (AvgIpc) is 3.13. The van der Waals surface area contributed by atoms with Gasteiger partial charge in [0.25, 0.3) is 0 Å². The molecule has 1 heterocycles. The van der Waals surface area contributed by atoms with Crippen molar-refractivity contribution in [3.63, 3.8) is 0 Å². The van der Waals surface area contributed by atoms with Gasteiger partial charge in [-0.05, 0) is 41.5 Å². The molecule has 0 saturated heterocycles. The molecule has 0 saturated carbocycles. The highest BCUT2D eigenvalue weighted by Gasteiger charge is 2.08. The van der Waals surface area contributed by atoms with Crippen LogP contribution in [-0.4, -0.2) is 23.8 Å². The van der Waals surface area contributed by atoms with E-state index in [1.165, 1.54) is 12.1 Å². The fourth-order valence-electron chi connectivity index (χ4n) is 3.44. The highest BCUT2D eigenvalue weighted by atomic mass is 19.1.